The van der Waals surface area contributed by atoms with Gasteiger partial charge in [0.15, 0.2) is 9.84 Å². The highest BCUT2D eigenvalue weighted by Crippen LogP contribution is 2.16. The monoisotopic (exact) mass is 283 g/mol. The van der Waals surface area contributed by atoms with Crippen LogP contribution in [-0.4, -0.2) is 25.6 Å². The summed E-state index contributed by atoms with van der Waals surface area (Å²) < 4.78 is 23.9. The standard InChI is InChI=1S/C14H21NO3S/c1-10(2)15-14(16)9-12-5-7-13(8-6-12)19(17,18)11(3)4/h5-8,10-11H,9H2,1-4H3,(H,15,16). The second kappa shape index (κ2) is 6.19. The van der Waals surface area contributed by atoms with Gasteiger partial charge in [0.25, 0.3) is 0 Å². The Morgan fingerprint density at radius 2 is 1.63 bits per heavy atom. The molecule has 0 aromatic heterocycles. The van der Waals surface area contributed by atoms with Gasteiger partial charge in [-0.05, 0) is 45.4 Å². The first-order valence-corrected chi connectivity index (χ1v) is 7.90. The fourth-order valence-corrected chi connectivity index (χ4v) is 2.69. The smallest absolute Gasteiger partial charge is 0.224 e. The molecule has 0 aliphatic heterocycles. The minimum absolute atomic E-state index is 0.0607. The summed E-state index contributed by atoms with van der Waals surface area (Å²) in [7, 11) is -3.24. The summed E-state index contributed by atoms with van der Waals surface area (Å²) in [6.07, 6.45) is 0.264. The molecule has 4 nitrogen and oxygen atoms in total. The van der Waals surface area contributed by atoms with Crippen molar-refractivity contribution in [3.8, 4) is 0 Å². The lowest BCUT2D eigenvalue weighted by molar-refractivity contribution is -0.120. The Labute approximate surface area is 115 Å². The van der Waals surface area contributed by atoms with E-state index < -0.39 is 15.1 Å². The highest BCUT2D eigenvalue weighted by atomic mass is 32.2. The normalized spacial score (nSPS) is 11.9. The quantitative estimate of drug-likeness (QED) is 0.898. The van der Waals surface area contributed by atoms with Crippen LogP contribution in [0.25, 0.3) is 0 Å². The molecule has 0 spiro atoms. The van der Waals surface area contributed by atoms with Crippen molar-refractivity contribution >= 4 is 15.7 Å². The third kappa shape index (κ3) is 4.35. The number of amides is 1. The first-order valence-electron chi connectivity index (χ1n) is 6.35. The molecule has 0 saturated carbocycles. The summed E-state index contributed by atoms with van der Waals surface area (Å²) in [5.41, 5.74) is 0.806. The van der Waals surface area contributed by atoms with Gasteiger partial charge in [0.05, 0.1) is 16.6 Å². The van der Waals surface area contributed by atoms with E-state index in [1.54, 1.807) is 38.1 Å². The minimum atomic E-state index is -3.24. The Morgan fingerprint density at radius 1 is 1.11 bits per heavy atom. The molecule has 5 heteroatoms. The first-order chi connectivity index (χ1) is 8.73. The zero-order valence-electron chi connectivity index (χ0n) is 11.8. The molecule has 0 radical (unpaired) electrons. The van der Waals surface area contributed by atoms with Crippen LogP contribution in [0.3, 0.4) is 0 Å². The van der Waals surface area contributed by atoms with Crippen molar-refractivity contribution in [3.05, 3.63) is 29.8 Å². The molecule has 1 aromatic carbocycles. The molecule has 0 atom stereocenters. The first kappa shape index (κ1) is 15.7. The Hall–Kier alpha value is -1.36. The van der Waals surface area contributed by atoms with Gasteiger partial charge in [-0.2, -0.15) is 0 Å². The topological polar surface area (TPSA) is 63.2 Å². The van der Waals surface area contributed by atoms with Crippen LogP contribution < -0.4 is 5.32 Å². The number of nitrogens with one attached hydrogen (secondary N) is 1. The lowest BCUT2D eigenvalue weighted by Gasteiger charge is -2.10. The average molecular weight is 283 g/mol. The van der Waals surface area contributed by atoms with E-state index in [2.05, 4.69) is 5.32 Å². The maximum Gasteiger partial charge on any atom is 0.224 e. The number of hydrogen-bond donors (Lipinski definition) is 1. The Bertz CT molecular complexity index is 530. The van der Waals surface area contributed by atoms with E-state index in [0.717, 1.165) is 5.56 Å². The van der Waals surface area contributed by atoms with Gasteiger partial charge in [0.1, 0.15) is 0 Å². The van der Waals surface area contributed by atoms with Crippen molar-refractivity contribution in [1.82, 2.24) is 5.32 Å². The van der Waals surface area contributed by atoms with Gasteiger partial charge >= 0.3 is 0 Å². The van der Waals surface area contributed by atoms with Gasteiger partial charge < -0.3 is 5.32 Å². The van der Waals surface area contributed by atoms with Crippen molar-refractivity contribution in [2.45, 2.75) is 50.3 Å². The van der Waals surface area contributed by atoms with Gasteiger partial charge in [-0.25, -0.2) is 8.42 Å². The van der Waals surface area contributed by atoms with E-state index in [0.29, 0.717) is 4.90 Å². The number of rotatable bonds is 5. The van der Waals surface area contributed by atoms with Crippen LogP contribution in [0, 0.1) is 0 Å². The third-order valence-electron chi connectivity index (χ3n) is 2.69. The molecule has 0 bridgehead atoms. The number of hydrogen-bond acceptors (Lipinski definition) is 3. The van der Waals surface area contributed by atoms with Crippen LogP contribution in [0.4, 0.5) is 0 Å². The van der Waals surface area contributed by atoms with E-state index in [4.69, 9.17) is 0 Å². The van der Waals surface area contributed by atoms with Crippen LogP contribution in [-0.2, 0) is 21.1 Å². The van der Waals surface area contributed by atoms with Gasteiger partial charge in [-0.15, -0.1) is 0 Å². The lowest BCUT2D eigenvalue weighted by Crippen LogP contribution is -2.31. The number of carbonyl (C=O) groups excluding carboxylic acids is 1. The molecule has 1 N–H and O–H groups in total. The molecule has 0 heterocycles. The van der Waals surface area contributed by atoms with Crippen LogP contribution in [0.5, 0.6) is 0 Å². The van der Waals surface area contributed by atoms with Gasteiger partial charge in [0.2, 0.25) is 5.91 Å². The number of benzene rings is 1. The molecular weight excluding hydrogens is 262 g/mol. The summed E-state index contributed by atoms with van der Waals surface area (Å²) in [5, 5.41) is 2.36. The predicted molar refractivity (Wildman–Crippen MR) is 75.7 cm³/mol. The maximum atomic E-state index is 11.9. The summed E-state index contributed by atoms with van der Waals surface area (Å²) >= 11 is 0. The van der Waals surface area contributed by atoms with E-state index in [9.17, 15) is 13.2 Å². The molecular formula is C14H21NO3S. The molecule has 1 aromatic rings. The Morgan fingerprint density at radius 3 is 2.05 bits per heavy atom. The minimum Gasteiger partial charge on any atom is -0.354 e. The average Bonchev–Trinajstić information content (AvgIpc) is 2.28. The maximum absolute atomic E-state index is 11.9. The molecule has 19 heavy (non-hydrogen) atoms. The van der Waals surface area contributed by atoms with E-state index in [1.807, 2.05) is 13.8 Å². The molecule has 0 fully saturated rings. The van der Waals surface area contributed by atoms with Crippen molar-refractivity contribution in [2.24, 2.45) is 0 Å². The highest BCUT2D eigenvalue weighted by molar-refractivity contribution is 7.92. The van der Waals surface area contributed by atoms with Gasteiger partial charge in [-0.3, -0.25) is 4.79 Å². The second-order valence-corrected chi connectivity index (χ2v) is 7.64. The van der Waals surface area contributed by atoms with Crippen LogP contribution in [0.1, 0.15) is 33.3 Å². The lowest BCUT2D eigenvalue weighted by atomic mass is 10.1. The molecule has 1 rings (SSSR count). The van der Waals surface area contributed by atoms with Crippen molar-refractivity contribution < 1.29 is 13.2 Å². The predicted octanol–water partition coefficient (Wildman–Crippen LogP) is 1.94. The second-order valence-electron chi connectivity index (χ2n) is 5.14. The van der Waals surface area contributed by atoms with Crippen molar-refractivity contribution in [3.63, 3.8) is 0 Å². The molecule has 0 unspecified atom stereocenters. The molecule has 1 amide bonds. The zero-order valence-corrected chi connectivity index (χ0v) is 12.6. The molecule has 0 saturated heterocycles. The number of sulfone groups is 1. The summed E-state index contributed by atoms with van der Waals surface area (Å²) in [4.78, 5) is 11.9. The fraction of sp³-hybridized carbons (Fsp3) is 0.500. The SMILES string of the molecule is CC(C)NC(=O)Cc1ccc(S(=O)(=O)C(C)C)cc1. The molecule has 0 aliphatic rings. The van der Waals surface area contributed by atoms with Crippen LogP contribution in [0.2, 0.25) is 0 Å². The number of carbonyl (C=O) groups is 1. The van der Waals surface area contributed by atoms with E-state index in [-0.39, 0.29) is 18.4 Å². The van der Waals surface area contributed by atoms with Crippen molar-refractivity contribution in [1.29, 1.82) is 0 Å². The van der Waals surface area contributed by atoms with Crippen LogP contribution >= 0.6 is 0 Å². The zero-order chi connectivity index (χ0) is 14.6. The van der Waals surface area contributed by atoms with Gasteiger partial charge in [0, 0.05) is 6.04 Å². The Kier molecular flexibility index (Phi) is 5.11. The third-order valence-corrected chi connectivity index (χ3v) is 4.86. The van der Waals surface area contributed by atoms with Crippen molar-refractivity contribution in [2.75, 3.05) is 0 Å². The van der Waals surface area contributed by atoms with Gasteiger partial charge in [-0.1, -0.05) is 12.1 Å². The molecule has 106 valence electrons. The highest BCUT2D eigenvalue weighted by Gasteiger charge is 2.18. The van der Waals surface area contributed by atoms with E-state index in [1.165, 1.54) is 0 Å². The summed E-state index contributed by atoms with van der Waals surface area (Å²) in [5.74, 6) is -0.0607. The van der Waals surface area contributed by atoms with E-state index >= 15 is 0 Å². The Balaban J connectivity index is 2.81. The largest absolute Gasteiger partial charge is 0.354 e. The molecule has 0 aliphatic carbocycles. The summed E-state index contributed by atoms with van der Waals surface area (Å²) in [6.45, 7) is 7.10. The fourth-order valence-electron chi connectivity index (χ4n) is 1.63. The summed E-state index contributed by atoms with van der Waals surface area (Å²) in [6, 6.07) is 6.61. The van der Waals surface area contributed by atoms with Crippen LogP contribution in [0.15, 0.2) is 29.2 Å².